The second kappa shape index (κ2) is 4.84. The van der Waals surface area contributed by atoms with Crippen LogP contribution in [0, 0.1) is 6.92 Å². The van der Waals surface area contributed by atoms with Gasteiger partial charge in [-0.25, -0.2) is 0 Å². The number of rotatable bonds is 2. The first-order valence-corrected chi connectivity index (χ1v) is 6.17. The van der Waals surface area contributed by atoms with Crippen LogP contribution in [0.25, 0.3) is 0 Å². The zero-order chi connectivity index (χ0) is 13.3. The topological polar surface area (TPSA) is 56.4 Å². The smallest absolute Gasteiger partial charge is 0.270 e. The van der Waals surface area contributed by atoms with Crippen LogP contribution in [0.2, 0.25) is 0 Å². The number of amides is 2. The molecule has 18 heavy (non-hydrogen) atoms. The van der Waals surface area contributed by atoms with Crippen molar-refractivity contribution in [2.24, 2.45) is 0 Å². The minimum absolute atomic E-state index is 0.00657. The summed E-state index contributed by atoms with van der Waals surface area (Å²) in [5, 5.41) is 0. The van der Waals surface area contributed by atoms with Gasteiger partial charge in [0.15, 0.2) is 0 Å². The zero-order valence-corrected chi connectivity index (χ0v) is 11.1. The molecule has 5 heteroatoms. The van der Waals surface area contributed by atoms with Crippen molar-refractivity contribution in [3.63, 3.8) is 0 Å². The molecule has 1 aliphatic rings. The van der Waals surface area contributed by atoms with Gasteiger partial charge in [0.2, 0.25) is 5.91 Å². The summed E-state index contributed by atoms with van der Waals surface area (Å²) in [6, 6.07) is 2.00. The van der Waals surface area contributed by atoms with Crippen molar-refractivity contribution in [3.05, 3.63) is 23.5 Å². The Kier molecular flexibility index (Phi) is 3.41. The molecule has 2 amide bonds. The van der Waals surface area contributed by atoms with Gasteiger partial charge in [-0.3, -0.25) is 9.59 Å². The molecule has 1 fully saturated rings. The Hall–Kier alpha value is -1.78. The summed E-state index contributed by atoms with van der Waals surface area (Å²) in [5.74, 6) is 0.0716. The molecule has 0 bridgehead atoms. The van der Waals surface area contributed by atoms with Crippen molar-refractivity contribution in [2.75, 3.05) is 20.1 Å². The highest BCUT2D eigenvalue weighted by atomic mass is 16.2. The van der Waals surface area contributed by atoms with Crippen LogP contribution in [0.15, 0.2) is 12.3 Å². The lowest BCUT2D eigenvalue weighted by molar-refractivity contribution is -0.127. The predicted octanol–water partition coefficient (Wildman–Crippen LogP) is 1.02. The fourth-order valence-corrected chi connectivity index (χ4v) is 2.36. The molecule has 1 N–H and O–H groups in total. The molecule has 0 aromatic carbocycles. The van der Waals surface area contributed by atoms with Gasteiger partial charge >= 0.3 is 0 Å². The second-order valence-electron chi connectivity index (χ2n) is 4.86. The van der Waals surface area contributed by atoms with Gasteiger partial charge in [0.05, 0.1) is 6.04 Å². The third kappa shape index (κ3) is 2.25. The molecule has 1 aromatic heterocycles. The summed E-state index contributed by atoms with van der Waals surface area (Å²) in [7, 11) is 1.80. The fraction of sp³-hybridized carbons (Fsp3) is 0.538. The van der Waals surface area contributed by atoms with Crippen molar-refractivity contribution in [1.82, 2.24) is 14.8 Å². The number of aromatic nitrogens is 1. The van der Waals surface area contributed by atoms with Crippen LogP contribution in [-0.2, 0) is 4.79 Å². The number of hydrogen-bond acceptors (Lipinski definition) is 2. The van der Waals surface area contributed by atoms with Gasteiger partial charge in [-0.05, 0) is 25.0 Å². The number of likely N-dealkylation sites (N-methyl/N-ethyl adjacent to an activating group) is 1. The summed E-state index contributed by atoms with van der Waals surface area (Å²) in [4.78, 5) is 30.1. The second-order valence-corrected chi connectivity index (χ2v) is 4.86. The van der Waals surface area contributed by atoms with E-state index in [-0.39, 0.29) is 17.9 Å². The molecule has 0 radical (unpaired) electrons. The molecule has 2 heterocycles. The SMILES string of the molecule is CC(=O)N1CCC(N(C)C(=O)c2[nH]ccc2C)C1. The molecule has 0 aliphatic carbocycles. The van der Waals surface area contributed by atoms with Crippen LogP contribution in [-0.4, -0.2) is 52.8 Å². The van der Waals surface area contributed by atoms with E-state index in [1.807, 2.05) is 13.0 Å². The lowest BCUT2D eigenvalue weighted by Gasteiger charge is -2.24. The van der Waals surface area contributed by atoms with Crippen LogP contribution in [0.5, 0.6) is 0 Å². The number of hydrogen-bond donors (Lipinski definition) is 1. The Bertz CT molecular complexity index is 467. The maximum atomic E-state index is 12.3. The van der Waals surface area contributed by atoms with Gasteiger partial charge in [0.25, 0.3) is 5.91 Å². The highest BCUT2D eigenvalue weighted by Gasteiger charge is 2.30. The number of nitrogens with one attached hydrogen (secondary N) is 1. The van der Waals surface area contributed by atoms with E-state index in [9.17, 15) is 9.59 Å². The Morgan fingerprint density at radius 2 is 2.22 bits per heavy atom. The number of nitrogens with zero attached hydrogens (tertiary/aromatic N) is 2. The quantitative estimate of drug-likeness (QED) is 0.850. The van der Waals surface area contributed by atoms with E-state index in [1.54, 1.807) is 30.0 Å². The van der Waals surface area contributed by atoms with Crippen LogP contribution in [0.3, 0.4) is 0 Å². The number of aryl methyl sites for hydroxylation is 1. The first kappa shape index (κ1) is 12.7. The van der Waals surface area contributed by atoms with E-state index >= 15 is 0 Å². The molecule has 1 aliphatic heterocycles. The molecule has 1 unspecified atom stereocenters. The number of H-pyrrole nitrogens is 1. The summed E-state index contributed by atoms with van der Waals surface area (Å²) in [6.07, 6.45) is 2.62. The van der Waals surface area contributed by atoms with E-state index in [4.69, 9.17) is 0 Å². The maximum Gasteiger partial charge on any atom is 0.270 e. The summed E-state index contributed by atoms with van der Waals surface area (Å²) in [6.45, 7) is 4.85. The van der Waals surface area contributed by atoms with Crippen molar-refractivity contribution in [1.29, 1.82) is 0 Å². The monoisotopic (exact) mass is 249 g/mol. The molecule has 0 saturated carbocycles. The van der Waals surface area contributed by atoms with Crippen LogP contribution in [0.4, 0.5) is 0 Å². The Morgan fingerprint density at radius 3 is 2.72 bits per heavy atom. The highest BCUT2D eigenvalue weighted by molar-refractivity contribution is 5.94. The van der Waals surface area contributed by atoms with Gasteiger partial charge in [-0.2, -0.15) is 0 Å². The normalized spacial score (nSPS) is 19.1. The van der Waals surface area contributed by atoms with Crippen molar-refractivity contribution in [2.45, 2.75) is 26.3 Å². The zero-order valence-electron chi connectivity index (χ0n) is 11.1. The van der Waals surface area contributed by atoms with E-state index in [1.165, 1.54) is 0 Å². The van der Waals surface area contributed by atoms with E-state index in [0.717, 1.165) is 18.5 Å². The van der Waals surface area contributed by atoms with Crippen LogP contribution < -0.4 is 0 Å². The molecular formula is C13H19N3O2. The lowest BCUT2D eigenvalue weighted by atomic mass is 10.2. The largest absolute Gasteiger partial charge is 0.357 e. The van der Waals surface area contributed by atoms with Crippen molar-refractivity contribution in [3.8, 4) is 0 Å². The molecule has 5 nitrogen and oxygen atoms in total. The Labute approximate surface area is 107 Å². The molecule has 1 saturated heterocycles. The Balaban J connectivity index is 2.05. The standard InChI is InChI=1S/C13H19N3O2/c1-9-4-6-14-12(9)13(18)15(3)11-5-7-16(8-11)10(2)17/h4,6,11,14H,5,7-8H2,1-3H3. The van der Waals surface area contributed by atoms with Crippen molar-refractivity contribution >= 4 is 11.8 Å². The first-order valence-electron chi connectivity index (χ1n) is 6.17. The first-order chi connectivity index (χ1) is 8.50. The number of carbonyl (C=O) groups is 2. The average Bonchev–Trinajstić information content (AvgIpc) is 2.95. The highest BCUT2D eigenvalue weighted by Crippen LogP contribution is 2.17. The molecule has 1 atom stereocenters. The fourth-order valence-electron chi connectivity index (χ4n) is 2.36. The lowest BCUT2D eigenvalue weighted by Crippen LogP contribution is -2.40. The van der Waals surface area contributed by atoms with Crippen molar-refractivity contribution < 1.29 is 9.59 Å². The summed E-state index contributed by atoms with van der Waals surface area (Å²) >= 11 is 0. The van der Waals surface area contributed by atoms with Crippen LogP contribution >= 0.6 is 0 Å². The van der Waals surface area contributed by atoms with Gasteiger partial charge in [0.1, 0.15) is 5.69 Å². The summed E-state index contributed by atoms with van der Waals surface area (Å²) < 4.78 is 0. The Morgan fingerprint density at radius 1 is 1.50 bits per heavy atom. The minimum Gasteiger partial charge on any atom is -0.357 e. The van der Waals surface area contributed by atoms with E-state index < -0.39 is 0 Å². The predicted molar refractivity (Wildman–Crippen MR) is 68.3 cm³/mol. The molecule has 1 aromatic rings. The maximum absolute atomic E-state index is 12.3. The van der Waals surface area contributed by atoms with E-state index in [2.05, 4.69) is 4.98 Å². The third-order valence-corrected chi connectivity index (χ3v) is 3.65. The van der Waals surface area contributed by atoms with Crippen LogP contribution in [0.1, 0.15) is 29.4 Å². The molecule has 2 rings (SSSR count). The molecule has 0 spiro atoms. The van der Waals surface area contributed by atoms with Gasteiger partial charge in [-0.15, -0.1) is 0 Å². The molecular weight excluding hydrogens is 230 g/mol. The van der Waals surface area contributed by atoms with Gasteiger partial charge < -0.3 is 14.8 Å². The third-order valence-electron chi connectivity index (χ3n) is 3.65. The number of likely N-dealkylation sites (tertiary alicyclic amines) is 1. The average molecular weight is 249 g/mol. The number of carbonyl (C=O) groups excluding carboxylic acids is 2. The molecule has 98 valence electrons. The van der Waals surface area contributed by atoms with Gasteiger partial charge in [-0.1, -0.05) is 0 Å². The number of aromatic amines is 1. The van der Waals surface area contributed by atoms with E-state index in [0.29, 0.717) is 12.2 Å². The van der Waals surface area contributed by atoms with Gasteiger partial charge in [0, 0.05) is 33.3 Å². The summed E-state index contributed by atoms with van der Waals surface area (Å²) in [5.41, 5.74) is 1.59. The minimum atomic E-state index is -0.00657.